The minimum atomic E-state index is -0.297. The van der Waals surface area contributed by atoms with E-state index in [0.29, 0.717) is 21.3 Å². The Kier molecular flexibility index (Phi) is 4.92. The van der Waals surface area contributed by atoms with Crippen molar-refractivity contribution in [2.24, 2.45) is 5.92 Å². The third kappa shape index (κ3) is 3.72. The second kappa shape index (κ2) is 7.36. The third-order valence-corrected chi connectivity index (χ3v) is 6.57. The first-order chi connectivity index (χ1) is 13.0. The van der Waals surface area contributed by atoms with Crippen molar-refractivity contribution in [1.82, 2.24) is 15.0 Å². The Balaban J connectivity index is 1.57. The number of thiophene rings is 1. The minimum Gasteiger partial charge on any atom is -0.353 e. The number of aromatic nitrogens is 2. The van der Waals surface area contributed by atoms with Crippen LogP contribution in [0.15, 0.2) is 45.7 Å². The molecule has 0 bridgehead atoms. The average molecular weight is 401 g/mol. The maximum atomic E-state index is 12.8. The average Bonchev–Trinajstić information content (AvgIpc) is 3.44. The van der Waals surface area contributed by atoms with Crippen LogP contribution in [0.5, 0.6) is 0 Å². The lowest BCUT2D eigenvalue weighted by molar-refractivity contribution is -0.119. The zero-order chi connectivity index (χ0) is 19.0. The number of carbonyl (C=O) groups is 1. The van der Waals surface area contributed by atoms with Crippen molar-refractivity contribution in [3.05, 3.63) is 46.1 Å². The van der Waals surface area contributed by atoms with Gasteiger partial charge in [0.25, 0.3) is 5.56 Å². The fourth-order valence-corrected chi connectivity index (χ4v) is 4.77. The van der Waals surface area contributed by atoms with Gasteiger partial charge in [0.2, 0.25) is 5.91 Å². The molecule has 1 aliphatic rings. The molecule has 0 saturated heterocycles. The van der Waals surface area contributed by atoms with E-state index in [0.717, 1.165) is 15.8 Å². The zero-order valence-corrected chi connectivity index (χ0v) is 16.5. The fraction of sp³-hybridized carbons (Fsp3) is 0.316. The predicted octanol–water partition coefficient (Wildman–Crippen LogP) is 2.85. The van der Waals surface area contributed by atoms with E-state index in [2.05, 4.69) is 10.3 Å². The summed E-state index contributed by atoms with van der Waals surface area (Å²) in [6.07, 6.45) is 2.36. The van der Waals surface area contributed by atoms with Crippen molar-refractivity contribution in [3.63, 3.8) is 0 Å². The number of benzene rings is 1. The molecule has 0 spiro atoms. The van der Waals surface area contributed by atoms with Gasteiger partial charge in [-0.25, -0.2) is 9.66 Å². The molecule has 3 N–H and O–H groups in total. The second-order valence-electron chi connectivity index (χ2n) is 6.75. The quantitative estimate of drug-likeness (QED) is 0.377. The highest BCUT2D eigenvalue weighted by molar-refractivity contribution is 7.99. The zero-order valence-electron chi connectivity index (χ0n) is 14.8. The van der Waals surface area contributed by atoms with Crippen LogP contribution < -0.4 is 16.7 Å². The molecule has 1 aromatic carbocycles. The third-order valence-electron chi connectivity index (χ3n) is 4.74. The molecule has 27 heavy (non-hydrogen) atoms. The van der Waals surface area contributed by atoms with E-state index >= 15 is 0 Å². The standard InChI is InChI=1S/C19H20N4O2S2/c1-11(12-7-8-12)21-15(24)10-27-19-22-17-16(18(25)23(19)20)14(9-26-17)13-5-3-2-4-6-13/h2-6,9,11-12H,7-8,10,20H2,1H3,(H,21,24)/t11-/m0/s1. The Bertz CT molecular complexity index is 1040. The Morgan fingerprint density at radius 1 is 1.41 bits per heavy atom. The monoisotopic (exact) mass is 400 g/mol. The summed E-state index contributed by atoms with van der Waals surface area (Å²) in [5.74, 6) is 6.71. The van der Waals surface area contributed by atoms with Gasteiger partial charge in [-0.2, -0.15) is 0 Å². The summed E-state index contributed by atoms with van der Waals surface area (Å²) < 4.78 is 1.05. The van der Waals surface area contributed by atoms with Crippen LogP contribution in [0.1, 0.15) is 19.8 Å². The minimum absolute atomic E-state index is 0.0649. The number of carbonyl (C=O) groups excluding carboxylic acids is 1. The molecular formula is C19H20N4O2S2. The Morgan fingerprint density at radius 3 is 2.85 bits per heavy atom. The van der Waals surface area contributed by atoms with Crippen LogP contribution >= 0.6 is 23.1 Å². The number of nitrogens with zero attached hydrogens (tertiary/aromatic N) is 2. The van der Waals surface area contributed by atoms with Crippen molar-refractivity contribution < 1.29 is 4.79 Å². The van der Waals surface area contributed by atoms with Gasteiger partial charge in [0.05, 0.1) is 11.1 Å². The van der Waals surface area contributed by atoms with Crippen LogP contribution in [-0.2, 0) is 4.79 Å². The molecule has 1 aliphatic carbocycles. The highest BCUT2D eigenvalue weighted by atomic mass is 32.2. The van der Waals surface area contributed by atoms with Gasteiger partial charge < -0.3 is 11.2 Å². The van der Waals surface area contributed by atoms with Gasteiger partial charge in [0.15, 0.2) is 5.16 Å². The first kappa shape index (κ1) is 18.1. The summed E-state index contributed by atoms with van der Waals surface area (Å²) >= 11 is 2.59. The van der Waals surface area contributed by atoms with Gasteiger partial charge in [0, 0.05) is 17.0 Å². The summed E-state index contributed by atoms with van der Waals surface area (Å²) in [7, 11) is 0. The number of rotatable bonds is 6. The Hall–Kier alpha value is -2.32. The van der Waals surface area contributed by atoms with Crippen LogP contribution in [0.4, 0.5) is 0 Å². The van der Waals surface area contributed by atoms with Gasteiger partial charge in [-0.3, -0.25) is 9.59 Å². The molecule has 6 nitrogen and oxygen atoms in total. The molecule has 1 atom stereocenters. The molecule has 2 heterocycles. The van der Waals surface area contributed by atoms with Crippen molar-refractivity contribution in [2.45, 2.75) is 31.0 Å². The Morgan fingerprint density at radius 2 is 2.15 bits per heavy atom. The molecular weight excluding hydrogens is 380 g/mol. The molecule has 1 amide bonds. The first-order valence-corrected chi connectivity index (χ1v) is 10.7. The van der Waals surface area contributed by atoms with Crippen molar-refractivity contribution in [2.75, 3.05) is 11.6 Å². The predicted molar refractivity (Wildman–Crippen MR) is 111 cm³/mol. The molecule has 140 valence electrons. The summed E-state index contributed by atoms with van der Waals surface area (Å²) in [4.78, 5) is 30.1. The number of fused-ring (bicyclic) bond motifs is 1. The maximum Gasteiger partial charge on any atom is 0.282 e. The van der Waals surface area contributed by atoms with Gasteiger partial charge in [-0.15, -0.1) is 11.3 Å². The van der Waals surface area contributed by atoms with Crippen LogP contribution in [0, 0.1) is 5.92 Å². The molecule has 4 rings (SSSR count). The maximum absolute atomic E-state index is 12.8. The van der Waals surface area contributed by atoms with E-state index in [-0.39, 0.29) is 23.3 Å². The van der Waals surface area contributed by atoms with Gasteiger partial charge in [-0.05, 0) is 31.2 Å². The Labute approximate surface area is 164 Å². The van der Waals surface area contributed by atoms with Gasteiger partial charge in [0.1, 0.15) is 4.83 Å². The molecule has 8 heteroatoms. The summed E-state index contributed by atoms with van der Waals surface area (Å²) in [6.45, 7) is 2.03. The van der Waals surface area contributed by atoms with Crippen LogP contribution in [0.3, 0.4) is 0 Å². The van der Waals surface area contributed by atoms with Crippen molar-refractivity contribution in [1.29, 1.82) is 0 Å². The molecule has 3 aromatic rings. The lowest BCUT2D eigenvalue weighted by atomic mass is 10.1. The molecule has 2 aromatic heterocycles. The number of hydrogen-bond donors (Lipinski definition) is 2. The van der Waals surface area contributed by atoms with E-state index in [4.69, 9.17) is 5.84 Å². The molecule has 0 aliphatic heterocycles. The topological polar surface area (TPSA) is 90.0 Å². The van der Waals surface area contributed by atoms with Crippen LogP contribution in [0.2, 0.25) is 0 Å². The number of thioether (sulfide) groups is 1. The molecule has 1 fully saturated rings. The number of nitrogens with one attached hydrogen (secondary N) is 1. The van der Waals surface area contributed by atoms with Crippen molar-refractivity contribution >= 4 is 39.2 Å². The molecule has 0 radical (unpaired) electrons. The van der Waals surface area contributed by atoms with E-state index < -0.39 is 0 Å². The summed E-state index contributed by atoms with van der Waals surface area (Å²) in [6, 6.07) is 9.89. The highest BCUT2D eigenvalue weighted by Crippen LogP contribution is 2.33. The molecule has 1 saturated carbocycles. The summed E-state index contributed by atoms with van der Waals surface area (Å²) in [5, 5.41) is 5.79. The fourth-order valence-electron chi connectivity index (χ4n) is 3.06. The first-order valence-electron chi connectivity index (χ1n) is 8.81. The van der Waals surface area contributed by atoms with E-state index in [9.17, 15) is 9.59 Å². The molecule has 0 unspecified atom stereocenters. The number of nitrogen functional groups attached to an aromatic ring is 1. The largest absolute Gasteiger partial charge is 0.353 e. The number of amides is 1. The lowest BCUT2D eigenvalue weighted by Crippen LogP contribution is -2.35. The number of nitrogens with two attached hydrogens (primary N) is 1. The van der Waals surface area contributed by atoms with Crippen LogP contribution in [0.25, 0.3) is 21.3 Å². The lowest BCUT2D eigenvalue weighted by Gasteiger charge is -2.12. The number of hydrogen-bond acceptors (Lipinski definition) is 6. The highest BCUT2D eigenvalue weighted by Gasteiger charge is 2.28. The van der Waals surface area contributed by atoms with E-state index in [1.807, 2.05) is 42.6 Å². The van der Waals surface area contributed by atoms with Gasteiger partial charge in [-0.1, -0.05) is 42.1 Å². The van der Waals surface area contributed by atoms with Crippen molar-refractivity contribution in [3.8, 4) is 11.1 Å². The second-order valence-corrected chi connectivity index (χ2v) is 8.55. The van der Waals surface area contributed by atoms with E-state index in [1.165, 1.54) is 35.9 Å². The SMILES string of the molecule is C[C@H](NC(=O)CSc1nc2scc(-c3ccccc3)c2c(=O)n1N)C1CC1. The normalized spacial score (nSPS) is 15.0. The van der Waals surface area contributed by atoms with Crippen LogP contribution in [-0.4, -0.2) is 27.4 Å². The summed E-state index contributed by atoms with van der Waals surface area (Å²) in [5.41, 5.74) is 1.49. The van der Waals surface area contributed by atoms with E-state index in [1.54, 1.807) is 0 Å². The van der Waals surface area contributed by atoms with Gasteiger partial charge >= 0.3 is 0 Å². The smallest absolute Gasteiger partial charge is 0.282 e.